The van der Waals surface area contributed by atoms with Crippen molar-refractivity contribution in [3.8, 4) is 0 Å². The summed E-state index contributed by atoms with van der Waals surface area (Å²) in [6.45, 7) is 5.36. The summed E-state index contributed by atoms with van der Waals surface area (Å²) in [4.78, 5) is 18.7. The number of nitrogens with zero attached hydrogens (tertiary/aromatic N) is 4. The van der Waals surface area contributed by atoms with Crippen LogP contribution >= 0.6 is 0 Å². The molecule has 1 N–H and O–H groups in total. The zero-order chi connectivity index (χ0) is 16.8. The Balaban J connectivity index is 1.49. The highest BCUT2D eigenvalue weighted by molar-refractivity contribution is 5.81. The van der Waals surface area contributed by atoms with Crippen LogP contribution in [-0.4, -0.2) is 44.7 Å². The van der Waals surface area contributed by atoms with E-state index in [1.54, 1.807) is 12.7 Å². The van der Waals surface area contributed by atoms with Crippen LogP contribution in [-0.2, 0) is 17.9 Å². The molecule has 0 bridgehead atoms. The SMILES string of the molecule is CC(C(=O)NCc1ccccc1)N1CCCC(Cn2cncn2)C1. The van der Waals surface area contributed by atoms with Crippen molar-refractivity contribution in [2.45, 2.75) is 38.9 Å². The van der Waals surface area contributed by atoms with Crippen molar-refractivity contribution >= 4 is 5.91 Å². The Kier molecular flexibility index (Phi) is 5.59. The topological polar surface area (TPSA) is 63.1 Å². The molecule has 1 aliphatic rings. The van der Waals surface area contributed by atoms with Gasteiger partial charge in [0.15, 0.2) is 0 Å². The second-order valence-corrected chi connectivity index (χ2v) is 6.50. The van der Waals surface area contributed by atoms with E-state index in [-0.39, 0.29) is 11.9 Å². The molecule has 0 spiro atoms. The van der Waals surface area contributed by atoms with Crippen molar-refractivity contribution in [1.29, 1.82) is 0 Å². The maximum absolute atomic E-state index is 12.5. The Labute approximate surface area is 142 Å². The molecule has 1 saturated heterocycles. The molecule has 0 radical (unpaired) electrons. The van der Waals surface area contributed by atoms with Crippen molar-refractivity contribution in [2.75, 3.05) is 13.1 Å². The third-order valence-corrected chi connectivity index (χ3v) is 4.70. The summed E-state index contributed by atoms with van der Waals surface area (Å²) in [5, 5.41) is 7.23. The second kappa shape index (κ2) is 8.06. The lowest BCUT2D eigenvalue weighted by molar-refractivity contribution is -0.126. The number of hydrogen-bond acceptors (Lipinski definition) is 4. The van der Waals surface area contributed by atoms with Gasteiger partial charge in [-0.1, -0.05) is 30.3 Å². The van der Waals surface area contributed by atoms with Crippen molar-refractivity contribution < 1.29 is 4.79 Å². The van der Waals surface area contributed by atoms with Crippen molar-refractivity contribution in [3.05, 3.63) is 48.5 Å². The number of carbonyl (C=O) groups is 1. The van der Waals surface area contributed by atoms with E-state index < -0.39 is 0 Å². The average Bonchev–Trinajstić information content (AvgIpc) is 3.13. The molecule has 2 heterocycles. The van der Waals surface area contributed by atoms with Crippen LogP contribution in [0.25, 0.3) is 0 Å². The van der Waals surface area contributed by atoms with Crippen molar-refractivity contribution in [3.63, 3.8) is 0 Å². The summed E-state index contributed by atoms with van der Waals surface area (Å²) in [7, 11) is 0. The van der Waals surface area contributed by atoms with Gasteiger partial charge in [0, 0.05) is 19.6 Å². The third-order valence-electron chi connectivity index (χ3n) is 4.70. The molecule has 2 unspecified atom stereocenters. The Morgan fingerprint density at radius 1 is 1.38 bits per heavy atom. The maximum atomic E-state index is 12.5. The van der Waals surface area contributed by atoms with Gasteiger partial charge >= 0.3 is 0 Å². The van der Waals surface area contributed by atoms with Gasteiger partial charge in [0.2, 0.25) is 5.91 Å². The molecule has 128 valence electrons. The molecule has 2 atom stereocenters. The number of aromatic nitrogens is 3. The minimum atomic E-state index is -0.104. The predicted molar refractivity (Wildman–Crippen MR) is 92.1 cm³/mol. The molecular weight excluding hydrogens is 302 g/mol. The fourth-order valence-electron chi connectivity index (χ4n) is 3.29. The smallest absolute Gasteiger partial charge is 0.237 e. The second-order valence-electron chi connectivity index (χ2n) is 6.50. The minimum absolute atomic E-state index is 0.0975. The summed E-state index contributed by atoms with van der Waals surface area (Å²) in [5.74, 6) is 0.616. The van der Waals surface area contributed by atoms with Crippen molar-refractivity contribution in [2.24, 2.45) is 5.92 Å². The molecule has 2 aromatic rings. The highest BCUT2D eigenvalue weighted by atomic mass is 16.2. The van der Waals surface area contributed by atoms with E-state index in [1.165, 1.54) is 6.42 Å². The first-order valence-corrected chi connectivity index (χ1v) is 8.60. The largest absolute Gasteiger partial charge is 0.351 e. The number of benzene rings is 1. The lowest BCUT2D eigenvalue weighted by atomic mass is 9.96. The van der Waals surface area contributed by atoms with Crippen LogP contribution in [0.3, 0.4) is 0 Å². The number of likely N-dealkylation sites (tertiary alicyclic amines) is 1. The number of hydrogen-bond donors (Lipinski definition) is 1. The molecule has 3 rings (SSSR count). The van der Waals surface area contributed by atoms with Gasteiger partial charge in [0.25, 0.3) is 0 Å². The van der Waals surface area contributed by atoms with Gasteiger partial charge in [-0.15, -0.1) is 0 Å². The average molecular weight is 327 g/mol. The van der Waals surface area contributed by atoms with E-state index in [9.17, 15) is 4.79 Å². The molecule has 1 fully saturated rings. The van der Waals surface area contributed by atoms with E-state index in [0.29, 0.717) is 12.5 Å². The molecule has 1 amide bonds. The Morgan fingerprint density at radius 3 is 2.96 bits per heavy atom. The van der Waals surface area contributed by atoms with Gasteiger partial charge in [-0.2, -0.15) is 5.10 Å². The van der Waals surface area contributed by atoms with Crippen LogP contribution in [0, 0.1) is 5.92 Å². The summed E-state index contributed by atoms with van der Waals surface area (Å²) in [6, 6.07) is 9.91. The van der Waals surface area contributed by atoms with Crippen LogP contribution in [0.5, 0.6) is 0 Å². The number of rotatable bonds is 6. The van der Waals surface area contributed by atoms with Crippen LogP contribution in [0.15, 0.2) is 43.0 Å². The van der Waals surface area contributed by atoms with Gasteiger partial charge < -0.3 is 5.32 Å². The maximum Gasteiger partial charge on any atom is 0.237 e. The number of piperidine rings is 1. The number of carbonyl (C=O) groups excluding carboxylic acids is 1. The first-order valence-electron chi connectivity index (χ1n) is 8.60. The van der Waals surface area contributed by atoms with E-state index >= 15 is 0 Å². The van der Waals surface area contributed by atoms with Gasteiger partial charge in [-0.25, -0.2) is 4.98 Å². The molecule has 1 aliphatic heterocycles. The highest BCUT2D eigenvalue weighted by Gasteiger charge is 2.27. The van der Waals surface area contributed by atoms with Crippen LogP contribution < -0.4 is 5.32 Å². The van der Waals surface area contributed by atoms with Gasteiger partial charge in [0.1, 0.15) is 12.7 Å². The molecular formula is C18H25N5O. The summed E-state index contributed by atoms with van der Waals surface area (Å²) < 4.78 is 1.88. The lowest BCUT2D eigenvalue weighted by Crippen LogP contribution is -2.49. The van der Waals surface area contributed by atoms with Gasteiger partial charge in [-0.3, -0.25) is 14.4 Å². The molecule has 6 nitrogen and oxygen atoms in total. The van der Waals surface area contributed by atoms with E-state index in [2.05, 4.69) is 20.3 Å². The normalized spacial score (nSPS) is 19.8. The Morgan fingerprint density at radius 2 is 2.21 bits per heavy atom. The lowest BCUT2D eigenvalue weighted by Gasteiger charge is -2.36. The molecule has 1 aromatic carbocycles. The zero-order valence-corrected chi connectivity index (χ0v) is 14.1. The Bertz CT molecular complexity index is 628. The first-order chi connectivity index (χ1) is 11.7. The van der Waals surface area contributed by atoms with Crippen LogP contribution in [0.2, 0.25) is 0 Å². The summed E-state index contributed by atoms with van der Waals surface area (Å²) >= 11 is 0. The summed E-state index contributed by atoms with van der Waals surface area (Å²) in [6.07, 6.45) is 5.62. The molecule has 0 saturated carbocycles. The third kappa shape index (κ3) is 4.41. The summed E-state index contributed by atoms with van der Waals surface area (Å²) in [5.41, 5.74) is 1.13. The first kappa shape index (κ1) is 16.6. The van der Waals surface area contributed by atoms with E-state index in [4.69, 9.17) is 0 Å². The molecule has 0 aliphatic carbocycles. The van der Waals surface area contributed by atoms with Crippen molar-refractivity contribution in [1.82, 2.24) is 25.0 Å². The minimum Gasteiger partial charge on any atom is -0.351 e. The monoisotopic (exact) mass is 327 g/mol. The van der Waals surface area contributed by atoms with Gasteiger partial charge in [0.05, 0.1) is 6.04 Å². The number of nitrogens with one attached hydrogen (secondary N) is 1. The predicted octanol–water partition coefficient (Wildman–Crippen LogP) is 1.69. The molecule has 6 heteroatoms. The van der Waals surface area contributed by atoms with E-state index in [1.807, 2.05) is 41.9 Å². The number of amides is 1. The fourth-order valence-corrected chi connectivity index (χ4v) is 3.29. The van der Waals surface area contributed by atoms with E-state index in [0.717, 1.165) is 31.6 Å². The Hall–Kier alpha value is -2.21. The fraction of sp³-hybridized carbons (Fsp3) is 0.500. The van der Waals surface area contributed by atoms with Crippen LogP contribution in [0.1, 0.15) is 25.3 Å². The molecule has 24 heavy (non-hydrogen) atoms. The molecule has 1 aromatic heterocycles. The highest BCUT2D eigenvalue weighted by Crippen LogP contribution is 2.20. The quantitative estimate of drug-likeness (QED) is 0.877. The van der Waals surface area contributed by atoms with Gasteiger partial charge in [-0.05, 0) is 37.8 Å². The zero-order valence-electron chi connectivity index (χ0n) is 14.1. The standard InChI is InChI=1S/C18H25N5O/c1-15(18(24)20-10-16-6-3-2-4-7-16)22-9-5-8-17(11-22)12-23-14-19-13-21-23/h2-4,6-7,13-15,17H,5,8-12H2,1H3,(H,20,24). The van der Waals surface area contributed by atoms with Crippen LogP contribution in [0.4, 0.5) is 0 Å².